The molecule has 1 N–H and O–H groups in total. The molecule has 144 valence electrons. The molecule has 1 saturated carbocycles. The SMILES string of the molecule is CC(=O)N(Cc1ccsc1)C1CC12CCN(Cc1ccc(CO)cc1)CC2. The topological polar surface area (TPSA) is 43.8 Å². The van der Waals surface area contributed by atoms with Crippen molar-refractivity contribution in [2.45, 2.75) is 51.9 Å². The summed E-state index contributed by atoms with van der Waals surface area (Å²) in [5, 5.41) is 13.4. The first-order valence-corrected chi connectivity index (χ1v) is 10.7. The van der Waals surface area contributed by atoms with E-state index in [9.17, 15) is 4.79 Å². The van der Waals surface area contributed by atoms with Crippen LogP contribution in [0, 0.1) is 5.41 Å². The number of hydrogen-bond donors (Lipinski definition) is 1. The number of aliphatic hydroxyl groups excluding tert-OH is 1. The van der Waals surface area contributed by atoms with Gasteiger partial charge in [0.1, 0.15) is 0 Å². The van der Waals surface area contributed by atoms with Crippen molar-refractivity contribution in [1.29, 1.82) is 0 Å². The Morgan fingerprint density at radius 1 is 1.19 bits per heavy atom. The van der Waals surface area contributed by atoms with Crippen molar-refractivity contribution < 1.29 is 9.90 Å². The fourth-order valence-electron chi connectivity index (χ4n) is 4.49. The predicted octanol–water partition coefficient (Wildman–Crippen LogP) is 3.64. The lowest BCUT2D eigenvalue weighted by molar-refractivity contribution is -0.130. The third-order valence-electron chi connectivity index (χ3n) is 6.32. The van der Waals surface area contributed by atoms with E-state index in [1.54, 1.807) is 18.3 Å². The third-order valence-corrected chi connectivity index (χ3v) is 7.06. The number of thiophene rings is 1. The molecule has 4 rings (SSSR count). The van der Waals surface area contributed by atoms with Gasteiger partial charge < -0.3 is 10.0 Å². The van der Waals surface area contributed by atoms with Gasteiger partial charge in [0.2, 0.25) is 5.91 Å². The van der Waals surface area contributed by atoms with Crippen molar-refractivity contribution in [3.63, 3.8) is 0 Å². The summed E-state index contributed by atoms with van der Waals surface area (Å²) in [6, 6.07) is 10.8. The second kappa shape index (κ2) is 7.74. The molecule has 1 spiro atoms. The highest BCUT2D eigenvalue weighted by atomic mass is 32.1. The Balaban J connectivity index is 1.32. The summed E-state index contributed by atoms with van der Waals surface area (Å²) >= 11 is 1.70. The van der Waals surface area contributed by atoms with Gasteiger partial charge in [0.05, 0.1) is 6.61 Å². The van der Waals surface area contributed by atoms with Gasteiger partial charge in [0.15, 0.2) is 0 Å². The van der Waals surface area contributed by atoms with Crippen LogP contribution in [0.25, 0.3) is 0 Å². The molecule has 1 saturated heterocycles. The molecule has 5 heteroatoms. The molecule has 2 aromatic rings. The number of rotatable bonds is 6. The number of carbonyl (C=O) groups excluding carboxylic acids is 1. The monoisotopic (exact) mass is 384 g/mol. The number of piperidine rings is 1. The smallest absolute Gasteiger partial charge is 0.220 e. The standard InChI is InChI=1S/C22H28N2O2S/c1-17(26)24(14-20-6-11-27-16-20)21-12-22(21)7-9-23(10-8-22)13-18-2-4-19(15-25)5-3-18/h2-6,11,16,21,25H,7-10,12-15H2,1H3. The largest absolute Gasteiger partial charge is 0.392 e. The zero-order chi connectivity index (χ0) is 18.9. The van der Waals surface area contributed by atoms with Crippen LogP contribution in [0.5, 0.6) is 0 Å². The van der Waals surface area contributed by atoms with E-state index in [1.165, 1.54) is 24.0 Å². The average molecular weight is 385 g/mol. The van der Waals surface area contributed by atoms with Crippen LogP contribution >= 0.6 is 11.3 Å². The molecule has 2 aliphatic rings. The van der Waals surface area contributed by atoms with E-state index in [2.05, 4.69) is 38.8 Å². The van der Waals surface area contributed by atoms with Gasteiger partial charge in [-0.2, -0.15) is 11.3 Å². The minimum atomic E-state index is 0.103. The number of amides is 1. The molecule has 27 heavy (non-hydrogen) atoms. The first-order valence-electron chi connectivity index (χ1n) is 9.79. The summed E-state index contributed by atoms with van der Waals surface area (Å²) in [7, 11) is 0. The van der Waals surface area contributed by atoms with E-state index in [-0.39, 0.29) is 12.5 Å². The predicted molar refractivity (Wildman–Crippen MR) is 108 cm³/mol. The summed E-state index contributed by atoms with van der Waals surface area (Å²) in [6.07, 6.45) is 3.52. The van der Waals surface area contributed by atoms with Crippen molar-refractivity contribution in [3.8, 4) is 0 Å². The van der Waals surface area contributed by atoms with Crippen LogP contribution < -0.4 is 0 Å². The highest BCUT2D eigenvalue weighted by Crippen LogP contribution is 2.57. The highest BCUT2D eigenvalue weighted by Gasteiger charge is 2.58. The lowest BCUT2D eigenvalue weighted by atomic mass is 9.92. The number of hydrogen-bond acceptors (Lipinski definition) is 4. The summed E-state index contributed by atoms with van der Waals surface area (Å²) in [5.74, 6) is 0.203. The van der Waals surface area contributed by atoms with Gasteiger partial charge >= 0.3 is 0 Å². The number of nitrogens with zero attached hydrogens (tertiary/aromatic N) is 2. The molecule has 1 amide bonds. The molecule has 2 heterocycles. The summed E-state index contributed by atoms with van der Waals surface area (Å²) in [5.41, 5.74) is 3.87. The Hall–Kier alpha value is -1.69. The minimum Gasteiger partial charge on any atom is -0.392 e. The first kappa shape index (κ1) is 18.7. The lowest BCUT2D eigenvalue weighted by Crippen LogP contribution is -2.39. The van der Waals surface area contributed by atoms with Gasteiger partial charge in [-0.25, -0.2) is 0 Å². The molecule has 1 atom stereocenters. The van der Waals surface area contributed by atoms with E-state index in [1.807, 2.05) is 12.1 Å². The normalized spacial score (nSPS) is 21.3. The maximum Gasteiger partial charge on any atom is 0.220 e. The van der Waals surface area contributed by atoms with E-state index in [0.717, 1.165) is 38.2 Å². The summed E-state index contributed by atoms with van der Waals surface area (Å²) < 4.78 is 0. The van der Waals surface area contributed by atoms with Crippen molar-refractivity contribution in [2.75, 3.05) is 13.1 Å². The van der Waals surface area contributed by atoms with Crippen molar-refractivity contribution in [1.82, 2.24) is 9.80 Å². The molecular weight excluding hydrogens is 356 g/mol. The first-order chi connectivity index (χ1) is 13.1. The van der Waals surface area contributed by atoms with Crippen LogP contribution in [0.15, 0.2) is 41.1 Å². The Morgan fingerprint density at radius 2 is 1.89 bits per heavy atom. The summed E-state index contributed by atoms with van der Waals surface area (Å²) in [4.78, 5) is 16.9. The van der Waals surface area contributed by atoms with Crippen LogP contribution in [0.2, 0.25) is 0 Å². The van der Waals surface area contributed by atoms with Gasteiger partial charge in [-0.15, -0.1) is 0 Å². The Labute approximate surface area is 165 Å². The van der Waals surface area contributed by atoms with Gasteiger partial charge in [-0.1, -0.05) is 24.3 Å². The van der Waals surface area contributed by atoms with Crippen LogP contribution in [0.1, 0.15) is 42.9 Å². The van der Waals surface area contributed by atoms with Crippen molar-refractivity contribution in [3.05, 3.63) is 57.8 Å². The molecule has 4 nitrogen and oxygen atoms in total. The van der Waals surface area contributed by atoms with Gasteiger partial charge in [-0.05, 0) is 71.3 Å². The van der Waals surface area contributed by atoms with E-state index >= 15 is 0 Å². The molecule has 1 unspecified atom stereocenters. The van der Waals surface area contributed by atoms with Crippen molar-refractivity contribution in [2.24, 2.45) is 5.41 Å². The zero-order valence-corrected chi connectivity index (χ0v) is 16.8. The van der Waals surface area contributed by atoms with Crippen LogP contribution in [0.4, 0.5) is 0 Å². The Bertz CT molecular complexity index is 764. The van der Waals surface area contributed by atoms with Crippen LogP contribution in [-0.4, -0.2) is 39.9 Å². The van der Waals surface area contributed by atoms with E-state index < -0.39 is 0 Å². The maximum absolute atomic E-state index is 12.2. The molecule has 1 aromatic carbocycles. The average Bonchev–Trinajstić information content (AvgIpc) is 3.11. The van der Waals surface area contributed by atoms with Gasteiger partial charge in [0.25, 0.3) is 0 Å². The molecule has 1 aromatic heterocycles. The fourth-order valence-corrected chi connectivity index (χ4v) is 5.15. The third kappa shape index (κ3) is 4.10. The number of aliphatic hydroxyl groups is 1. The second-order valence-corrected chi connectivity index (χ2v) is 8.89. The maximum atomic E-state index is 12.2. The van der Waals surface area contributed by atoms with Crippen molar-refractivity contribution >= 4 is 17.2 Å². The number of benzene rings is 1. The fraction of sp³-hybridized carbons (Fsp3) is 0.500. The van der Waals surface area contributed by atoms with E-state index in [0.29, 0.717) is 11.5 Å². The number of carbonyl (C=O) groups is 1. The Kier molecular flexibility index (Phi) is 5.35. The molecule has 0 radical (unpaired) electrons. The summed E-state index contributed by atoms with van der Waals surface area (Å²) in [6.45, 7) is 5.74. The second-order valence-electron chi connectivity index (χ2n) is 8.11. The minimum absolute atomic E-state index is 0.103. The van der Waals surface area contributed by atoms with Gasteiger partial charge in [0, 0.05) is 26.1 Å². The quantitative estimate of drug-likeness (QED) is 0.827. The van der Waals surface area contributed by atoms with Gasteiger partial charge in [-0.3, -0.25) is 9.69 Å². The molecule has 2 fully saturated rings. The lowest BCUT2D eigenvalue weighted by Gasteiger charge is -2.34. The van der Waals surface area contributed by atoms with Crippen LogP contribution in [-0.2, 0) is 24.5 Å². The highest BCUT2D eigenvalue weighted by molar-refractivity contribution is 7.07. The molecule has 1 aliphatic carbocycles. The molecule has 1 aliphatic heterocycles. The van der Waals surface area contributed by atoms with E-state index in [4.69, 9.17) is 5.11 Å². The number of likely N-dealkylation sites (tertiary alicyclic amines) is 1. The molecule has 0 bridgehead atoms. The Morgan fingerprint density at radius 3 is 2.48 bits per heavy atom. The zero-order valence-electron chi connectivity index (χ0n) is 15.9. The van der Waals surface area contributed by atoms with Crippen LogP contribution in [0.3, 0.4) is 0 Å². The molecular formula is C22H28N2O2S.